The third-order valence-electron chi connectivity index (χ3n) is 5.45. The van der Waals surface area contributed by atoms with Gasteiger partial charge in [-0.05, 0) is 31.7 Å². The SMILES string of the molecule is C=CCn1c(SC(C)C(=O)Nc2c(C)nn(C)c2C)nnc1-c1ccc(C(C)(C)C)cc1. The van der Waals surface area contributed by atoms with E-state index in [1.54, 1.807) is 4.68 Å². The maximum Gasteiger partial charge on any atom is 0.237 e. The number of thioether (sulfide) groups is 1. The summed E-state index contributed by atoms with van der Waals surface area (Å²) in [5, 5.41) is 16.5. The number of hydrogen-bond donors (Lipinski definition) is 1. The minimum Gasteiger partial charge on any atom is -0.322 e. The third kappa shape index (κ3) is 4.96. The molecule has 2 aromatic heterocycles. The van der Waals surface area contributed by atoms with Crippen LogP contribution in [0.4, 0.5) is 5.69 Å². The number of amides is 1. The first kappa shape index (κ1) is 23.8. The summed E-state index contributed by atoms with van der Waals surface area (Å²) in [5.74, 6) is 0.665. The van der Waals surface area contributed by atoms with Crippen LogP contribution in [0.25, 0.3) is 11.4 Å². The zero-order valence-corrected chi connectivity index (χ0v) is 20.7. The summed E-state index contributed by atoms with van der Waals surface area (Å²) in [6.07, 6.45) is 1.81. The van der Waals surface area contributed by atoms with Gasteiger partial charge in [0.1, 0.15) is 0 Å². The molecule has 1 N–H and O–H groups in total. The summed E-state index contributed by atoms with van der Waals surface area (Å²) < 4.78 is 3.76. The predicted molar refractivity (Wildman–Crippen MR) is 131 cm³/mol. The molecule has 7 nitrogen and oxygen atoms in total. The van der Waals surface area contributed by atoms with E-state index in [9.17, 15) is 4.79 Å². The molecular formula is C24H32N6OS. The minimum absolute atomic E-state index is 0.0854. The van der Waals surface area contributed by atoms with Gasteiger partial charge >= 0.3 is 0 Å². The molecule has 32 heavy (non-hydrogen) atoms. The van der Waals surface area contributed by atoms with E-state index in [4.69, 9.17) is 0 Å². The van der Waals surface area contributed by atoms with Crippen LogP contribution in [-0.4, -0.2) is 35.7 Å². The Balaban J connectivity index is 1.81. The summed E-state index contributed by atoms with van der Waals surface area (Å²) in [7, 11) is 1.86. The molecule has 0 aliphatic carbocycles. The molecule has 8 heteroatoms. The number of nitrogens with one attached hydrogen (secondary N) is 1. The van der Waals surface area contributed by atoms with Crippen LogP contribution in [0.1, 0.15) is 44.6 Å². The first-order valence-electron chi connectivity index (χ1n) is 10.7. The number of benzene rings is 1. The van der Waals surface area contributed by atoms with Crippen molar-refractivity contribution in [2.45, 2.75) is 63.9 Å². The van der Waals surface area contributed by atoms with Crippen molar-refractivity contribution in [2.24, 2.45) is 7.05 Å². The summed E-state index contributed by atoms with van der Waals surface area (Å²) >= 11 is 1.38. The largest absolute Gasteiger partial charge is 0.322 e. The van der Waals surface area contributed by atoms with Gasteiger partial charge in [-0.3, -0.25) is 14.0 Å². The lowest BCUT2D eigenvalue weighted by Crippen LogP contribution is -2.23. The number of aromatic nitrogens is 5. The van der Waals surface area contributed by atoms with Gasteiger partial charge in [-0.2, -0.15) is 5.10 Å². The van der Waals surface area contributed by atoms with E-state index in [0.717, 1.165) is 28.5 Å². The number of nitrogens with zero attached hydrogens (tertiary/aromatic N) is 5. The van der Waals surface area contributed by atoms with Crippen LogP contribution in [0.15, 0.2) is 42.1 Å². The first-order chi connectivity index (χ1) is 15.0. The third-order valence-corrected chi connectivity index (χ3v) is 6.53. The van der Waals surface area contributed by atoms with Crippen molar-refractivity contribution < 1.29 is 4.79 Å². The molecule has 1 unspecified atom stereocenters. The van der Waals surface area contributed by atoms with Gasteiger partial charge in [-0.25, -0.2) is 0 Å². The van der Waals surface area contributed by atoms with Crippen molar-refractivity contribution in [3.05, 3.63) is 53.9 Å². The van der Waals surface area contributed by atoms with Crippen molar-refractivity contribution in [1.82, 2.24) is 24.5 Å². The number of rotatable bonds is 7. The Morgan fingerprint density at radius 3 is 2.41 bits per heavy atom. The maximum atomic E-state index is 12.9. The highest BCUT2D eigenvalue weighted by atomic mass is 32.2. The maximum absolute atomic E-state index is 12.9. The number of anilines is 1. The van der Waals surface area contributed by atoms with Crippen LogP contribution in [-0.2, 0) is 23.8 Å². The highest BCUT2D eigenvalue weighted by Crippen LogP contribution is 2.30. The topological polar surface area (TPSA) is 77.6 Å². The zero-order chi connectivity index (χ0) is 23.6. The van der Waals surface area contributed by atoms with Gasteiger partial charge in [0.2, 0.25) is 5.91 Å². The van der Waals surface area contributed by atoms with Gasteiger partial charge in [-0.1, -0.05) is 62.9 Å². The number of hydrogen-bond acceptors (Lipinski definition) is 5. The zero-order valence-electron chi connectivity index (χ0n) is 19.9. The molecule has 0 aliphatic heterocycles. The molecule has 0 fully saturated rings. The minimum atomic E-state index is -0.363. The number of aryl methyl sites for hydroxylation is 2. The molecule has 0 bridgehead atoms. The molecule has 1 amide bonds. The number of allylic oxidation sites excluding steroid dienone is 1. The molecule has 3 rings (SSSR count). The summed E-state index contributed by atoms with van der Waals surface area (Å²) in [6, 6.07) is 8.40. The quantitative estimate of drug-likeness (QED) is 0.408. The van der Waals surface area contributed by atoms with Crippen molar-refractivity contribution in [3.63, 3.8) is 0 Å². The Morgan fingerprint density at radius 1 is 1.22 bits per heavy atom. The first-order valence-corrected chi connectivity index (χ1v) is 11.5. The van der Waals surface area contributed by atoms with Gasteiger partial charge in [0, 0.05) is 19.2 Å². The van der Waals surface area contributed by atoms with Crippen molar-refractivity contribution in [3.8, 4) is 11.4 Å². The van der Waals surface area contributed by atoms with E-state index in [1.807, 2.05) is 38.5 Å². The van der Waals surface area contributed by atoms with E-state index in [0.29, 0.717) is 11.7 Å². The number of carbonyl (C=O) groups excluding carboxylic acids is 1. The lowest BCUT2D eigenvalue weighted by atomic mass is 9.87. The molecule has 0 radical (unpaired) electrons. The fourth-order valence-electron chi connectivity index (χ4n) is 3.39. The van der Waals surface area contributed by atoms with Crippen molar-refractivity contribution in [2.75, 3.05) is 5.32 Å². The molecule has 2 heterocycles. The summed E-state index contributed by atoms with van der Waals surface area (Å²) in [4.78, 5) is 12.9. The molecule has 0 saturated carbocycles. The molecule has 1 atom stereocenters. The van der Waals surface area contributed by atoms with E-state index in [2.05, 4.69) is 72.2 Å². The summed E-state index contributed by atoms with van der Waals surface area (Å²) in [6.45, 7) is 16.7. The highest BCUT2D eigenvalue weighted by Gasteiger charge is 2.23. The fourth-order valence-corrected chi connectivity index (χ4v) is 4.25. The van der Waals surface area contributed by atoms with Gasteiger partial charge in [-0.15, -0.1) is 16.8 Å². The average molecular weight is 453 g/mol. The van der Waals surface area contributed by atoms with Crippen LogP contribution >= 0.6 is 11.8 Å². The lowest BCUT2D eigenvalue weighted by molar-refractivity contribution is -0.115. The van der Waals surface area contributed by atoms with Crippen molar-refractivity contribution in [1.29, 1.82) is 0 Å². The Labute approximate surface area is 194 Å². The monoisotopic (exact) mass is 452 g/mol. The Bertz CT molecular complexity index is 1120. The molecule has 1 aromatic carbocycles. The van der Waals surface area contributed by atoms with Gasteiger partial charge < -0.3 is 5.32 Å². The second-order valence-corrected chi connectivity index (χ2v) is 10.3. The van der Waals surface area contributed by atoms with Gasteiger partial charge in [0.25, 0.3) is 0 Å². The standard InChI is InChI=1S/C24H32N6OS/c1-9-14-30-21(18-10-12-19(13-11-18)24(5,6)7)26-27-23(30)32-17(4)22(31)25-20-15(2)28-29(8)16(20)3/h9-13,17H,1,14H2,2-8H3,(H,25,31). The van der Waals surface area contributed by atoms with Gasteiger partial charge in [0.15, 0.2) is 11.0 Å². The Hall–Kier alpha value is -2.87. The van der Waals surface area contributed by atoms with Crippen LogP contribution in [0.3, 0.4) is 0 Å². The highest BCUT2D eigenvalue weighted by molar-refractivity contribution is 8.00. The normalized spacial score (nSPS) is 12.6. The van der Waals surface area contributed by atoms with Gasteiger partial charge in [0.05, 0.1) is 22.3 Å². The number of carbonyl (C=O) groups is 1. The predicted octanol–water partition coefficient (Wildman–Crippen LogP) is 4.90. The van der Waals surface area contributed by atoms with E-state index >= 15 is 0 Å². The second kappa shape index (κ2) is 9.32. The molecule has 0 aliphatic rings. The Morgan fingerprint density at radius 2 is 1.88 bits per heavy atom. The Kier molecular flexibility index (Phi) is 6.93. The van der Waals surface area contributed by atoms with Crippen LogP contribution in [0, 0.1) is 13.8 Å². The fraction of sp³-hybridized carbons (Fsp3) is 0.417. The molecule has 0 saturated heterocycles. The van der Waals surface area contributed by atoms with Crippen LogP contribution in [0.2, 0.25) is 0 Å². The van der Waals surface area contributed by atoms with E-state index < -0.39 is 0 Å². The molecule has 3 aromatic rings. The molecule has 0 spiro atoms. The average Bonchev–Trinajstić information content (AvgIpc) is 3.23. The summed E-state index contributed by atoms with van der Waals surface area (Å²) in [5.41, 5.74) is 4.81. The van der Waals surface area contributed by atoms with Crippen LogP contribution < -0.4 is 5.32 Å². The van der Waals surface area contributed by atoms with Crippen molar-refractivity contribution >= 4 is 23.4 Å². The molecular weight excluding hydrogens is 420 g/mol. The van der Waals surface area contributed by atoms with E-state index in [1.165, 1.54) is 17.3 Å². The second-order valence-electron chi connectivity index (χ2n) is 8.95. The van der Waals surface area contributed by atoms with Crippen LogP contribution in [0.5, 0.6) is 0 Å². The smallest absolute Gasteiger partial charge is 0.237 e. The lowest BCUT2D eigenvalue weighted by Gasteiger charge is -2.19. The molecule has 170 valence electrons. The van der Waals surface area contributed by atoms with E-state index in [-0.39, 0.29) is 16.6 Å².